The highest BCUT2D eigenvalue weighted by atomic mass is 35.5. The zero-order chi connectivity index (χ0) is 22.8. The molecular weight excluding hydrogens is 454 g/mol. The predicted molar refractivity (Wildman–Crippen MR) is 135 cm³/mol. The summed E-state index contributed by atoms with van der Waals surface area (Å²) in [7, 11) is 0. The highest BCUT2D eigenvalue weighted by Crippen LogP contribution is 2.37. The lowest BCUT2D eigenvalue weighted by Gasteiger charge is -2.12. The lowest BCUT2D eigenvalue weighted by molar-refractivity contribution is -0.113. The number of para-hydroxylation sites is 1. The maximum Gasteiger partial charge on any atom is 0.298 e. The third-order valence-corrected chi connectivity index (χ3v) is 6.41. The Morgan fingerprint density at radius 3 is 2.39 bits per heavy atom. The third-order valence-electron chi connectivity index (χ3n) is 5.29. The van der Waals surface area contributed by atoms with Crippen molar-refractivity contribution in [2.45, 2.75) is 6.61 Å². The number of imide groups is 1. The van der Waals surface area contributed by atoms with Gasteiger partial charge in [-0.1, -0.05) is 66.2 Å². The second kappa shape index (κ2) is 9.14. The van der Waals surface area contributed by atoms with E-state index in [-0.39, 0.29) is 11.1 Å². The smallest absolute Gasteiger partial charge is 0.298 e. The Morgan fingerprint density at radius 2 is 1.58 bits per heavy atom. The average molecular weight is 472 g/mol. The summed E-state index contributed by atoms with van der Waals surface area (Å²) in [5, 5.41) is 2.53. The fourth-order valence-electron chi connectivity index (χ4n) is 3.64. The van der Waals surface area contributed by atoms with E-state index < -0.39 is 0 Å². The Bertz CT molecular complexity index is 1400. The van der Waals surface area contributed by atoms with E-state index in [9.17, 15) is 9.59 Å². The summed E-state index contributed by atoms with van der Waals surface area (Å²) < 4.78 is 6.09. The molecule has 0 atom stereocenters. The molecule has 2 amide bonds. The van der Waals surface area contributed by atoms with E-state index in [4.69, 9.17) is 16.3 Å². The molecule has 0 unspecified atom stereocenters. The summed E-state index contributed by atoms with van der Waals surface area (Å²) in [5.41, 5.74) is 2.28. The SMILES string of the molecule is O=C1S/C(=C/c2ccccc2OCc2ccc3ccccc3c2)C(=O)N1c1ccc(Cl)cc1. The van der Waals surface area contributed by atoms with Gasteiger partial charge in [0.05, 0.1) is 10.6 Å². The second-order valence-corrected chi connectivity index (χ2v) is 8.93. The number of rotatable bonds is 5. The minimum Gasteiger partial charge on any atom is -0.488 e. The molecule has 1 aliphatic heterocycles. The van der Waals surface area contributed by atoms with Crippen LogP contribution in [0.4, 0.5) is 10.5 Å². The maximum absolute atomic E-state index is 13.0. The van der Waals surface area contributed by atoms with Crippen LogP contribution in [0.3, 0.4) is 0 Å². The summed E-state index contributed by atoms with van der Waals surface area (Å²) in [6.07, 6.45) is 1.70. The highest BCUT2D eigenvalue weighted by Gasteiger charge is 2.36. The van der Waals surface area contributed by atoms with E-state index in [0.717, 1.165) is 33.2 Å². The zero-order valence-corrected chi connectivity index (χ0v) is 19.0. The van der Waals surface area contributed by atoms with Crippen molar-refractivity contribution in [1.29, 1.82) is 0 Å². The van der Waals surface area contributed by atoms with Gasteiger partial charge in [-0.2, -0.15) is 0 Å². The molecule has 1 saturated heterocycles. The largest absolute Gasteiger partial charge is 0.488 e. The number of ether oxygens (including phenoxy) is 1. The van der Waals surface area contributed by atoms with Gasteiger partial charge in [0.2, 0.25) is 0 Å². The molecule has 0 bridgehead atoms. The predicted octanol–water partition coefficient (Wildman–Crippen LogP) is 7.31. The Labute approximate surface area is 200 Å². The third kappa shape index (κ3) is 4.51. The van der Waals surface area contributed by atoms with Crippen molar-refractivity contribution in [3.8, 4) is 5.75 Å². The number of fused-ring (bicyclic) bond motifs is 1. The van der Waals surface area contributed by atoms with E-state index in [0.29, 0.717) is 28.0 Å². The standard InChI is InChI=1S/C27H18ClNO3S/c28-22-11-13-23(14-12-22)29-26(30)25(33-27(29)31)16-21-7-3-4-8-24(21)32-17-18-9-10-19-5-1-2-6-20(19)15-18/h1-16H,17H2/b25-16+. The van der Waals surface area contributed by atoms with Crippen LogP contribution in [0.2, 0.25) is 5.02 Å². The fourth-order valence-corrected chi connectivity index (χ4v) is 4.60. The lowest BCUT2D eigenvalue weighted by atomic mass is 10.1. The van der Waals surface area contributed by atoms with Crippen molar-refractivity contribution in [2.75, 3.05) is 4.90 Å². The molecule has 0 aliphatic carbocycles. The molecule has 5 rings (SSSR count). The monoisotopic (exact) mass is 471 g/mol. The van der Waals surface area contributed by atoms with Gasteiger partial charge in [-0.15, -0.1) is 0 Å². The highest BCUT2D eigenvalue weighted by molar-refractivity contribution is 8.19. The first-order valence-electron chi connectivity index (χ1n) is 10.3. The molecule has 0 saturated carbocycles. The molecule has 1 aliphatic rings. The molecule has 1 heterocycles. The van der Waals surface area contributed by atoms with E-state index in [1.165, 1.54) is 5.39 Å². The summed E-state index contributed by atoms with van der Waals surface area (Å²) in [4.78, 5) is 27.0. The van der Waals surface area contributed by atoms with Gasteiger partial charge in [0.25, 0.3) is 11.1 Å². The topological polar surface area (TPSA) is 46.6 Å². The van der Waals surface area contributed by atoms with E-state index in [2.05, 4.69) is 24.3 Å². The summed E-state index contributed by atoms with van der Waals surface area (Å²) >= 11 is 6.84. The summed E-state index contributed by atoms with van der Waals surface area (Å²) in [5.74, 6) is 0.278. The van der Waals surface area contributed by atoms with Gasteiger partial charge >= 0.3 is 0 Å². The van der Waals surface area contributed by atoms with E-state index >= 15 is 0 Å². The second-order valence-electron chi connectivity index (χ2n) is 7.50. The average Bonchev–Trinajstić information content (AvgIpc) is 3.11. The first-order valence-corrected chi connectivity index (χ1v) is 11.5. The van der Waals surface area contributed by atoms with Crippen molar-refractivity contribution in [3.05, 3.63) is 112 Å². The molecule has 1 fully saturated rings. The summed E-state index contributed by atoms with van der Waals surface area (Å²) in [6, 6.07) is 28.5. The molecule has 0 spiro atoms. The molecular formula is C27H18ClNO3S. The molecule has 0 N–H and O–H groups in total. The van der Waals surface area contributed by atoms with Crippen LogP contribution in [0.1, 0.15) is 11.1 Å². The van der Waals surface area contributed by atoms with Crippen LogP contribution in [0.5, 0.6) is 5.75 Å². The van der Waals surface area contributed by atoms with Crippen LogP contribution < -0.4 is 9.64 Å². The van der Waals surface area contributed by atoms with Crippen LogP contribution in [0.15, 0.2) is 95.9 Å². The van der Waals surface area contributed by atoms with Gasteiger partial charge in [0, 0.05) is 10.6 Å². The van der Waals surface area contributed by atoms with Crippen molar-refractivity contribution >= 4 is 57.0 Å². The number of hydrogen-bond donors (Lipinski definition) is 0. The Balaban J connectivity index is 1.37. The van der Waals surface area contributed by atoms with Gasteiger partial charge in [-0.3, -0.25) is 9.59 Å². The van der Waals surface area contributed by atoms with Crippen LogP contribution in [-0.2, 0) is 11.4 Å². The lowest BCUT2D eigenvalue weighted by Crippen LogP contribution is -2.27. The molecule has 6 heteroatoms. The minimum absolute atomic E-state index is 0.344. The first-order chi connectivity index (χ1) is 16.1. The van der Waals surface area contributed by atoms with Gasteiger partial charge in [-0.05, 0) is 70.6 Å². The number of anilines is 1. The molecule has 4 aromatic carbocycles. The maximum atomic E-state index is 13.0. The fraction of sp³-hybridized carbons (Fsp3) is 0.0370. The molecule has 4 aromatic rings. The number of carbonyl (C=O) groups is 2. The van der Waals surface area contributed by atoms with Crippen LogP contribution in [0, 0.1) is 0 Å². The van der Waals surface area contributed by atoms with Crippen molar-refractivity contribution in [3.63, 3.8) is 0 Å². The molecule has 4 nitrogen and oxygen atoms in total. The Morgan fingerprint density at radius 1 is 0.848 bits per heavy atom. The zero-order valence-electron chi connectivity index (χ0n) is 17.4. The van der Waals surface area contributed by atoms with Gasteiger partial charge < -0.3 is 4.74 Å². The van der Waals surface area contributed by atoms with Gasteiger partial charge in [0.15, 0.2) is 0 Å². The minimum atomic E-state index is -0.364. The number of nitrogens with zero attached hydrogens (tertiary/aromatic N) is 1. The van der Waals surface area contributed by atoms with Crippen LogP contribution >= 0.6 is 23.4 Å². The summed E-state index contributed by atoms with van der Waals surface area (Å²) in [6.45, 7) is 0.391. The van der Waals surface area contributed by atoms with Gasteiger partial charge in [-0.25, -0.2) is 4.90 Å². The molecule has 0 aromatic heterocycles. The number of thioether (sulfide) groups is 1. The van der Waals surface area contributed by atoms with Crippen molar-refractivity contribution in [1.82, 2.24) is 0 Å². The normalized spacial score (nSPS) is 14.9. The number of hydrogen-bond acceptors (Lipinski definition) is 4. The van der Waals surface area contributed by atoms with Gasteiger partial charge in [0.1, 0.15) is 12.4 Å². The number of halogens is 1. The molecule has 0 radical (unpaired) electrons. The van der Waals surface area contributed by atoms with Crippen molar-refractivity contribution in [2.24, 2.45) is 0 Å². The molecule has 33 heavy (non-hydrogen) atoms. The van der Waals surface area contributed by atoms with Crippen molar-refractivity contribution < 1.29 is 14.3 Å². The first kappa shape index (κ1) is 21.3. The number of benzene rings is 4. The number of carbonyl (C=O) groups excluding carboxylic acids is 2. The number of amides is 2. The Kier molecular flexibility index (Phi) is 5.90. The molecule has 162 valence electrons. The Hall–Kier alpha value is -3.54. The van der Waals surface area contributed by atoms with Crippen LogP contribution in [-0.4, -0.2) is 11.1 Å². The van der Waals surface area contributed by atoms with E-state index in [1.807, 2.05) is 42.5 Å². The van der Waals surface area contributed by atoms with Crippen LogP contribution in [0.25, 0.3) is 16.8 Å². The van der Waals surface area contributed by atoms with E-state index in [1.54, 1.807) is 30.3 Å². The quantitative estimate of drug-likeness (QED) is 0.286.